The molecule has 5 heteroatoms. The number of halogens is 1. The summed E-state index contributed by atoms with van der Waals surface area (Å²) in [6, 6.07) is 4.19. The maximum Gasteiger partial charge on any atom is 0.131 e. The van der Waals surface area contributed by atoms with Gasteiger partial charge < -0.3 is 10.3 Å². The summed E-state index contributed by atoms with van der Waals surface area (Å²) in [5.41, 5.74) is 6.53. The minimum atomic E-state index is 0.426. The van der Waals surface area contributed by atoms with E-state index in [0.717, 1.165) is 24.4 Å². The molecule has 0 saturated heterocycles. The van der Waals surface area contributed by atoms with Gasteiger partial charge in [-0.1, -0.05) is 17.7 Å². The van der Waals surface area contributed by atoms with E-state index in [9.17, 15) is 0 Å². The molecule has 0 unspecified atom stereocenters. The number of thiophene rings is 1. The van der Waals surface area contributed by atoms with Crippen LogP contribution in [0.4, 0.5) is 0 Å². The van der Waals surface area contributed by atoms with Crippen LogP contribution in [0.5, 0.6) is 0 Å². The van der Waals surface area contributed by atoms with Crippen molar-refractivity contribution in [3.05, 3.63) is 39.1 Å². The molecular formula is C11H14ClN3S. The van der Waals surface area contributed by atoms with Crippen LogP contribution in [0.15, 0.2) is 17.5 Å². The van der Waals surface area contributed by atoms with Crippen molar-refractivity contribution < 1.29 is 0 Å². The lowest BCUT2D eigenvalue weighted by molar-refractivity contribution is 0.793. The Morgan fingerprint density at radius 1 is 1.50 bits per heavy atom. The van der Waals surface area contributed by atoms with Crippen LogP contribution in [-0.2, 0) is 26.4 Å². The molecule has 0 bridgehead atoms. The lowest BCUT2D eigenvalue weighted by Crippen LogP contribution is -2.04. The summed E-state index contributed by atoms with van der Waals surface area (Å²) in [6.07, 6.45) is 1.85. The molecule has 0 fully saturated rings. The number of hydrogen-bond acceptors (Lipinski definition) is 3. The van der Waals surface area contributed by atoms with E-state index >= 15 is 0 Å². The average Bonchev–Trinajstić information content (AvgIpc) is 2.88. The Labute approximate surface area is 104 Å². The fourth-order valence-corrected chi connectivity index (χ4v) is 2.57. The summed E-state index contributed by atoms with van der Waals surface area (Å²) in [4.78, 5) is 5.80. The summed E-state index contributed by atoms with van der Waals surface area (Å²) in [6.45, 7) is 0.426. The zero-order chi connectivity index (χ0) is 11.5. The third-order valence-electron chi connectivity index (χ3n) is 2.55. The van der Waals surface area contributed by atoms with E-state index in [0.29, 0.717) is 11.7 Å². The lowest BCUT2D eigenvalue weighted by Gasteiger charge is -1.97. The van der Waals surface area contributed by atoms with Gasteiger partial charge in [-0.25, -0.2) is 4.98 Å². The molecule has 0 amide bonds. The minimum Gasteiger partial charge on any atom is -0.324 e. The highest BCUT2D eigenvalue weighted by molar-refractivity contribution is 7.09. The highest BCUT2D eigenvalue weighted by Crippen LogP contribution is 2.19. The summed E-state index contributed by atoms with van der Waals surface area (Å²) in [5.74, 6) is 0.839. The van der Waals surface area contributed by atoms with Crippen molar-refractivity contribution in [3.8, 4) is 0 Å². The summed E-state index contributed by atoms with van der Waals surface area (Å²) in [7, 11) is 1.90. The van der Waals surface area contributed by atoms with Crippen LogP contribution in [0.1, 0.15) is 16.4 Å². The van der Waals surface area contributed by atoms with Gasteiger partial charge in [0.1, 0.15) is 11.0 Å². The van der Waals surface area contributed by atoms with Crippen molar-refractivity contribution >= 4 is 22.9 Å². The van der Waals surface area contributed by atoms with Crippen molar-refractivity contribution in [1.29, 1.82) is 0 Å². The van der Waals surface area contributed by atoms with E-state index in [1.54, 1.807) is 11.3 Å². The number of rotatable bonds is 4. The third kappa shape index (κ3) is 2.29. The van der Waals surface area contributed by atoms with Crippen LogP contribution >= 0.6 is 22.9 Å². The van der Waals surface area contributed by atoms with Gasteiger partial charge in [-0.15, -0.1) is 11.3 Å². The predicted molar refractivity (Wildman–Crippen MR) is 67.8 cm³/mol. The Bertz CT molecular complexity index is 462. The number of nitrogens with zero attached hydrogens (tertiary/aromatic N) is 2. The van der Waals surface area contributed by atoms with Crippen molar-refractivity contribution in [1.82, 2.24) is 9.55 Å². The monoisotopic (exact) mass is 255 g/mol. The second-order valence-corrected chi connectivity index (χ2v) is 5.00. The molecule has 2 aromatic heterocycles. The van der Waals surface area contributed by atoms with Gasteiger partial charge in [0.05, 0.1) is 12.2 Å². The average molecular weight is 256 g/mol. The zero-order valence-electron chi connectivity index (χ0n) is 9.11. The van der Waals surface area contributed by atoms with E-state index in [1.807, 2.05) is 11.6 Å². The molecule has 0 spiro atoms. The summed E-state index contributed by atoms with van der Waals surface area (Å²) in [5, 5.41) is 2.79. The first-order chi connectivity index (χ1) is 7.72. The Morgan fingerprint density at radius 2 is 2.31 bits per heavy atom. The molecule has 0 aliphatic carbocycles. The quantitative estimate of drug-likeness (QED) is 0.912. The number of aromatic nitrogens is 2. The highest BCUT2D eigenvalue weighted by Gasteiger charge is 2.11. The molecule has 2 N–H and O–H groups in total. The predicted octanol–water partition coefficient (Wildman–Crippen LogP) is 2.38. The first kappa shape index (κ1) is 11.6. The van der Waals surface area contributed by atoms with Crippen LogP contribution in [0.2, 0.25) is 5.15 Å². The largest absolute Gasteiger partial charge is 0.324 e. The van der Waals surface area contributed by atoms with Gasteiger partial charge in [-0.05, 0) is 24.3 Å². The maximum absolute atomic E-state index is 6.18. The molecule has 16 heavy (non-hydrogen) atoms. The van der Waals surface area contributed by atoms with Crippen molar-refractivity contribution in [2.24, 2.45) is 12.8 Å². The summed E-state index contributed by atoms with van der Waals surface area (Å²) >= 11 is 7.94. The van der Waals surface area contributed by atoms with Crippen molar-refractivity contribution in [2.45, 2.75) is 19.4 Å². The molecule has 2 aromatic rings. The normalized spacial score (nSPS) is 10.9. The Kier molecular flexibility index (Phi) is 3.63. The van der Waals surface area contributed by atoms with E-state index in [1.165, 1.54) is 4.88 Å². The molecule has 0 aliphatic heterocycles. The first-order valence-electron chi connectivity index (χ1n) is 5.14. The smallest absolute Gasteiger partial charge is 0.131 e. The van der Waals surface area contributed by atoms with Gasteiger partial charge >= 0.3 is 0 Å². The molecule has 0 atom stereocenters. The third-order valence-corrected chi connectivity index (χ3v) is 3.96. The van der Waals surface area contributed by atoms with Gasteiger partial charge in [0.2, 0.25) is 0 Å². The van der Waals surface area contributed by atoms with Crippen LogP contribution in [0, 0.1) is 0 Å². The maximum atomic E-state index is 6.18. The number of hydrogen-bond donors (Lipinski definition) is 1. The fraction of sp³-hybridized carbons (Fsp3) is 0.364. The molecule has 0 saturated carbocycles. The van der Waals surface area contributed by atoms with E-state index in [4.69, 9.17) is 17.3 Å². The first-order valence-corrected chi connectivity index (χ1v) is 6.40. The van der Waals surface area contributed by atoms with Gasteiger partial charge in [-0.2, -0.15) is 0 Å². The topological polar surface area (TPSA) is 43.8 Å². The molecule has 2 rings (SSSR count). The molecule has 0 aromatic carbocycles. The van der Waals surface area contributed by atoms with Crippen LogP contribution in [0.25, 0.3) is 0 Å². The summed E-state index contributed by atoms with van der Waals surface area (Å²) < 4.78 is 1.85. The zero-order valence-corrected chi connectivity index (χ0v) is 10.7. The molecule has 2 heterocycles. The lowest BCUT2D eigenvalue weighted by atomic mass is 10.2. The standard InChI is InChI=1S/C11H14ClN3S/c1-15-10(7-13)14-9(11(15)12)5-4-8-3-2-6-16-8/h2-3,6H,4-5,7,13H2,1H3. The van der Waals surface area contributed by atoms with Crippen LogP contribution < -0.4 is 5.73 Å². The number of imidazole rings is 1. The minimum absolute atomic E-state index is 0.426. The van der Waals surface area contributed by atoms with Gasteiger partial charge in [0, 0.05) is 11.9 Å². The number of nitrogens with two attached hydrogens (primary N) is 1. The molecule has 86 valence electrons. The molecule has 3 nitrogen and oxygen atoms in total. The van der Waals surface area contributed by atoms with E-state index in [2.05, 4.69) is 22.5 Å². The van der Waals surface area contributed by atoms with Gasteiger partial charge in [0.25, 0.3) is 0 Å². The molecule has 0 aliphatic rings. The van der Waals surface area contributed by atoms with Crippen LogP contribution in [-0.4, -0.2) is 9.55 Å². The molecular weight excluding hydrogens is 242 g/mol. The molecule has 0 radical (unpaired) electrons. The van der Waals surface area contributed by atoms with E-state index < -0.39 is 0 Å². The Hall–Kier alpha value is -0.840. The van der Waals surface area contributed by atoms with Gasteiger partial charge in [-0.3, -0.25) is 0 Å². The Morgan fingerprint density at radius 3 is 2.88 bits per heavy atom. The second kappa shape index (κ2) is 4.99. The Balaban J connectivity index is 2.10. The van der Waals surface area contributed by atoms with Gasteiger partial charge in [0.15, 0.2) is 0 Å². The van der Waals surface area contributed by atoms with Crippen molar-refractivity contribution in [3.63, 3.8) is 0 Å². The second-order valence-electron chi connectivity index (χ2n) is 3.61. The van der Waals surface area contributed by atoms with Crippen LogP contribution in [0.3, 0.4) is 0 Å². The highest BCUT2D eigenvalue weighted by atomic mass is 35.5. The SMILES string of the molecule is Cn1c(CN)nc(CCc2cccs2)c1Cl. The van der Waals surface area contributed by atoms with E-state index in [-0.39, 0.29) is 0 Å². The van der Waals surface area contributed by atoms with Crippen molar-refractivity contribution in [2.75, 3.05) is 0 Å². The number of aryl methyl sites for hydroxylation is 2. The fourth-order valence-electron chi connectivity index (χ4n) is 1.62.